The van der Waals surface area contributed by atoms with E-state index in [2.05, 4.69) is 20.0 Å². The van der Waals surface area contributed by atoms with E-state index in [1.54, 1.807) is 18.2 Å². The van der Waals surface area contributed by atoms with Crippen molar-refractivity contribution in [1.82, 2.24) is 9.97 Å². The SMILES string of the molecule is CCC(C)c1sc(Nc2ncc(C(F)(F)F)cc2C(=O)OC)nc1-c1ccc(Cl)cc1Cl. The fourth-order valence-corrected chi connectivity index (χ4v) is 4.48. The van der Waals surface area contributed by atoms with E-state index in [4.69, 9.17) is 23.2 Å². The van der Waals surface area contributed by atoms with Gasteiger partial charge in [-0.25, -0.2) is 14.8 Å². The van der Waals surface area contributed by atoms with Gasteiger partial charge >= 0.3 is 12.1 Å². The van der Waals surface area contributed by atoms with Crippen LogP contribution in [0.4, 0.5) is 24.1 Å². The zero-order chi connectivity index (χ0) is 23.6. The van der Waals surface area contributed by atoms with Gasteiger partial charge in [0.05, 0.1) is 23.4 Å². The highest BCUT2D eigenvalue weighted by Crippen LogP contribution is 2.41. The van der Waals surface area contributed by atoms with E-state index in [0.29, 0.717) is 38.7 Å². The maximum atomic E-state index is 13.1. The molecule has 0 aliphatic heterocycles. The predicted octanol–water partition coefficient (Wildman–Crippen LogP) is 7.57. The summed E-state index contributed by atoms with van der Waals surface area (Å²) < 4.78 is 43.9. The summed E-state index contributed by atoms with van der Waals surface area (Å²) >= 11 is 13.7. The van der Waals surface area contributed by atoms with Gasteiger partial charge in [0.15, 0.2) is 5.13 Å². The van der Waals surface area contributed by atoms with Crippen LogP contribution in [0.3, 0.4) is 0 Å². The summed E-state index contributed by atoms with van der Waals surface area (Å²) in [5.74, 6) is -0.917. The Balaban J connectivity index is 2.08. The van der Waals surface area contributed by atoms with Gasteiger partial charge in [0.25, 0.3) is 0 Å². The average molecular weight is 504 g/mol. The number of hydrogen-bond acceptors (Lipinski definition) is 6. The van der Waals surface area contributed by atoms with Gasteiger partial charge in [0.1, 0.15) is 11.4 Å². The fraction of sp³-hybridized carbons (Fsp3) is 0.286. The van der Waals surface area contributed by atoms with E-state index in [0.717, 1.165) is 18.4 Å². The normalized spacial score (nSPS) is 12.5. The molecule has 0 bridgehead atoms. The fourth-order valence-electron chi connectivity index (χ4n) is 2.87. The lowest BCUT2D eigenvalue weighted by Gasteiger charge is -2.11. The molecule has 5 nitrogen and oxygen atoms in total. The van der Waals surface area contributed by atoms with Crippen LogP contribution in [0.2, 0.25) is 10.0 Å². The number of aromatic nitrogens is 2. The molecule has 3 rings (SSSR count). The van der Waals surface area contributed by atoms with Crippen LogP contribution in [0, 0.1) is 0 Å². The van der Waals surface area contributed by atoms with Gasteiger partial charge in [-0.3, -0.25) is 0 Å². The van der Waals surface area contributed by atoms with Gasteiger partial charge in [-0.1, -0.05) is 37.0 Å². The number of carbonyl (C=O) groups is 1. The first-order chi connectivity index (χ1) is 15.0. The van der Waals surface area contributed by atoms with Gasteiger partial charge in [0, 0.05) is 21.7 Å². The van der Waals surface area contributed by atoms with Crippen LogP contribution >= 0.6 is 34.5 Å². The maximum Gasteiger partial charge on any atom is 0.417 e. The molecule has 3 aromatic rings. The largest absolute Gasteiger partial charge is 0.465 e. The highest BCUT2D eigenvalue weighted by molar-refractivity contribution is 7.16. The average Bonchev–Trinajstić information content (AvgIpc) is 3.15. The van der Waals surface area contributed by atoms with Gasteiger partial charge in [-0.15, -0.1) is 11.3 Å². The van der Waals surface area contributed by atoms with Crippen LogP contribution in [-0.4, -0.2) is 23.0 Å². The van der Waals surface area contributed by atoms with E-state index in [9.17, 15) is 18.0 Å². The molecule has 2 heterocycles. The van der Waals surface area contributed by atoms with E-state index in [-0.39, 0.29) is 17.3 Å². The molecule has 0 saturated carbocycles. The molecule has 0 spiro atoms. The first-order valence-electron chi connectivity index (χ1n) is 9.43. The van der Waals surface area contributed by atoms with Gasteiger partial charge in [-0.05, 0) is 36.6 Å². The number of rotatable bonds is 6. The Morgan fingerprint density at radius 2 is 2.00 bits per heavy atom. The first kappa shape index (κ1) is 24.3. The number of hydrogen-bond donors (Lipinski definition) is 1. The molecule has 32 heavy (non-hydrogen) atoms. The molecule has 0 radical (unpaired) electrons. The van der Waals surface area contributed by atoms with Crippen molar-refractivity contribution in [1.29, 1.82) is 0 Å². The number of methoxy groups -OCH3 is 1. The Labute approximate surface area is 196 Å². The van der Waals surface area contributed by atoms with Crippen molar-refractivity contribution in [3.05, 3.63) is 56.5 Å². The predicted molar refractivity (Wildman–Crippen MR) is 120 cm³/mol. The molecule has 1 atom stereocenters. The second kappa shape index (κ2) is 9.64. The molecular formula is C21H18Cl2F3N3O2S. The first-order valence-corrected chi connectivity index (χ1v) is 11.0. The van der Waals surface area contributed by atoms with Crippen molar-refractivity contribution < 1.29 is 22.7 Å². The van der Waals surface area contributed by atoms with Crippen molar-refractivity contribution in [2.75, 3.05) is 12.4 Å². The molecule has 2 aromatic heterocycles. The summed E-state index contributed by atoms with van der Waals surface area (Å²) in [6.45, 7) is 4.05. The lowest BCUT2D eigenvalue weighted by molar-refractivity contribution is -0.137. The number of halogens is 5. The van der Waals surface area contributed by atoms with Gasteiger partial charge in [-0.2, -0.15) is 13.2 Å². The van der Waals surface area contributed by atoms with E-state index in [1.807, 2.05) is 13.8 Å². The van der Waals surface area contributed by atoms with Crippen molar-refractivity contribution in [3.8, 4) is 11.3 Å². The Kier molecular flexibility index (Phi) is 7.32. The number of thiazole rings is 1. The molecule has 11 heteroatoms. The summed E-state index contributed by atoms with van der Waals surface area (Å²) in [5.41, 5.74) is -0.116. The third-order valence-electron chi connectivity index (χ3n) is 4.75. The van der Waals surface area contributed by atoms with Crippen molar-refractivity contribution in [3.63, 3.8) is 0 Å². The smallest absolute Gasteiger partial charge is 0.417 e. The van der Waals surface area contributed by atoms with Crippen LogP contribution in [0.1, 0.15) is 47.0 Å². The van der Waals surface area contributed by atoms with Crippen LogP contribution < -0.4 is 5.32 Å². The van der Waals surface area contributed by atoms with Crippen LogP contribution in [0.25, 0.3) is 11.3 Å². The third-order valence-corrected chi connectivity index (χ3v) is 6.50. The molecular weight excluding hydrogens is 486 g/mol. The zero-order valence-corrected chi connectivity index (χ0v) is 19.5. The minimum absolute atomic E-state index is 0.0944. The standard InChI is InChI=1S/C21H18Cl2F3N3O2S/c1-4-10(2)17-16(13-6-5-12(22)8-15(13)23)28-20(32-17)29-18-14(19(30)31-3)7-11(9-27-18)21(24,25)26/h5-10H,4H2,1-3H3,(H,27,28,29). The number of pyridine rings is 1. The lowest BCUT2D eigenvalue weighted by atomic mass is 10.0. The number of esters is 1. The van der Waals surface area contributed by atoms with Gasteiger partial charge < -0.3 is 10.1 Å². The minimum Gasteiger partial charge on any atom is -0.465 e. The topological polar surface area (TPSA) is 64.1 Å². The van der Waals surface area contributed by atoms with Crippen LogP contribution in [-0.2, 0) is 10.9 Å². The van der Waals surface area contributed by atoms with Crippen molar-refractivity contribution in [2.24, 2.45) is 0 Å². The molecule has 1 aromatic carbocycles. The number of alkyl halides is 3. The Morgan fingerprint density at radius 1 is 1.28 bits per heavy atom. The summed E-state index contributed by atoms with van der Waals surface area (Å²) in [5, 5.41) is 4.11. The van der Waals surface area contributed by atoms with Gasteiger partial charge in [0.2, 0.25) is 0 Å². The number of ether oxygens (including phenoxy) is 1. The Bertz CT molecular complexity index is 1150. The minimum atomic E-state index is -4.66. The van der Waals surface area contributed by atoms with E-state index >= 15 is 0 Å². The second-order valence-electron chi connectivity index (χ2n) is 6.90. The zero-order valence-electron chi connectivity index (χ0n) is 17.2. The van der Waals surface area contributed by atoms with Crippen LogP contribution in [0.5, 0.6) is 0 Å². The van der Waals surface area contributed by atoms with E-state index < -0.39 is 17.7 Å². The van der Waals surface area contributed by atoms with E-state index in [1.165, 1.54) is 11.3 Å². The molecule has 1 N–H and O–H groups in total. The number of nitrogens with one attached hydrogen (secondary N) is 1. The Hall–Kier alpha value is -2.36. The summed E-state index contributed by atoms with van der Waals surface area (Å²) in [4.78, 5) is 21.4. The summed E-state index contributed by atoms with van der Waals surface area (Å²) in [6, 6.07) is 5.76. The number of nitrogens with zero attached hydrogens (tertiary/aromatic N) is 2. The summed E-state index contributed by atoms with van der Waals surface area (Å²) in [6.07, 6.45) is -3.18. The monoisotopic (exact) mass is 503 g/mol. The molecule has 170 valence electrons. The number of carbonyl (C=O) groups excluding carboxylic acids is 1. The molecule has 0 fully saturated rings. The van der Waals surface area contributed by atoms with Crippen molar-refractivity contribution in [2.45, 2.75) is 32.4 Å². The lowest BCUT2D eigenvalue weighted by Crippen LogP contribution is -2.12. The number of benzene rings is 1. The molecule has 0 aliphatic carbocycles. The third kappa shape index (κ3) is 5.16. The maximum absolute atomic E-state index is 13.1. The highest BCUT2D eigenvalue weighted by Gasteiger charge is 2.33. The molecule has 0 saturated heterocycles. The quantitative estimate of drug-likeness (QED) is 0.351. The summed E-state index contributed by atoms with van der Waals surface area (Å²) in [7, 11) is 1.08. The Morgan fingerprint density at radius 3 is 2.59 bits per heavy atom. The molecule has 1 unspecified atom stereocenters. The molecule has 0 amide bonds. The second-order valence-corrected chi connectivity index (χ2v) is 8.77. The van der Waals surface area contributed by atoms with Crippen LogP contribution in [0.15, 0.2) is 30.5 Å². The highest BCUT2D eigenvalue weighted by atomic mass is 35.5. The number of anilines is 2. The van der Waals surface area contributed by atoms with Crippen molar-refractivity contribution >= 4 is 51.5 Å². The molecule has 0 aliphatic rings.